The number of hydrogen-bond acceptors (Lipinski definition) is 3. The van der Waals surface area contributed by atoms with Gasteiger partial charge in [0.25, 0.3) is 5.91 Å². The first kappa shape index (κ1) is 12.2. The van der Waals surface area contributed by atoms with E-state index >= 15 is 0 Å². The zero-order valence-electron chi connectivity index (χ0n) is 10.7. The van der Waals surface area contributed by atoms with Crippen molar-refractivity contribution in [2.24, 2.45) is 0 Å². The summed E-state index contributed by atoms with van der Waals surface area (Å²) in [5.41, 5.74) is 2.29. The van der Waals surface area contributed by atoms with Crippen LogP contribution in [-0.2, 0) is 6.54 Å². The predicted octanol–water partition coefficient (Wildman–Crippen LogP) is 1.53. The third-order valence-corrected chi connectivity index (χ3v) is 2.86. The van der Waals surface area contributed by atoms with Crippen molar-refractivity contribution in [3.63, 3.8) is 0 Å². The number of carbonyl (C=O) groups excluding carboxylic acids is 1. The molecule has 3 aromatic rings. The van der Waals surface area contributed by atoms with Crippen LogP contribution in [0.25, 0.3) is 5.69 Å². The molecule has 0 aliphatic rings. The number of para-hydroxylation sites is 1. The van der Waals surface area contributed by atoms with E-state index in [1.54, 1.807) is 29.6 Å². The SMILES string of the molecule is O=C(NCc1cnc[nH]1)c1cnn(-c2ccccc2)c1. The summed E-state index contributed by atoms with van der Waals surface area (Å²) in [5.74, 6) is -0.165. The highest BCUT2D eigenvalue weighted by molar-refractivity contribution is 5.93. The van der Waals surface area contributed by atoms with Crippen LogP contribution < -0.4 is 5.32 Å². The summed E-state index contributed by atoms with van der Waals surface area (Å²) in [6.45, 7) is 0.412. The summed E-state index contributed by atoms with van der Waals surface area (Å²) in [5, 5.41) is 6.99. The standard InChI is InChI=1S/C14H13N5O/c20-14(16-8-12-7-15-10-17-12)11-6-18-19(9-11)13-4-2-1-3-5-13/h1-7,9-10H,8H2,(H,15,17)(H,16,20). The lowest BCUT2D eigenvalue weighted by atomic mass is 10.3. The van der Waals surface area contributed by atoms with Gasteiger partial charge in [-0.25, -0.2) is 9.67 Å². The normalized spacial score (nSPS) is 10.4. The average molecular weight is 267 g/mol. The summed E-state index contributed by atoms with van der Waals surface area (Å²) in [6, 6.07) is 9.65. The van der Waals surface area contributed by atoms with E-state index in [1.165, 1.54) is 0 Å². The second-order valence-electron chi connectivity index (χ2n) is 4.27. The van der Waals surface area contributed by atoms with Crippen LogP contribution in [0.3, 0.4) is 0 Å². The van der Waals surface area contributed by atoms with E-state index in [9.17, 15) is 4.79 Å². The number of nitrogens with one attached hydrogen (secondary N) is 2. The molecule has 0 saturated carbocycles. The molecule has 1 amide bonds. The molecule has 0 spiro atoms. The van der Waals surface area contributed by atoms with E-state index < -0.39 is 0 Å². The largest absolute Gasteiger partial charge is 0.347 e. The number of amides is 1. The molecule has 0 unspecified atom stereocenters. The Kier molecular flexibility index (Phi) is 3.28. The first-order chi connectivity index (χ1) is 9.83. The Morgan fingerprint density at radius 2 is 2.10 bits per heavy atom. The van der Waals surface area contributed by atoms with Gasteiger partial charge in [-0.1, -0.05) is 18.2 Å². The van der Waals surface area contributed by atoms with Crippen molar-refractivity contribution in [3.8, 4) is 5.69 Å². The van der Waals surface area contributed by atoms with Crippen molar-refractivity contribution < 1.29 is 4.79 Å². The molecule has 1 aromatic carbocycles. The van der Waals surface area contributed by atoms with E-state index in [-0.39, 0.29) is 5.91 Å². The molecule has 2 aromatic heterocycles. The molecule has 0 aliphatic carbocycles. The Labute approximate surface area is 115 Å². The first-order valence-corrected chi connectivity index (χ1v) is 6.18. The van der Waals surface area contributed by atoms with Crippen LogP contribution in [0.5, 0.6) is 0 Å². The molecule has 0 aliphatic heterocycles. The topological polar surface area (TPSA) is 75.6 Å². The van der Waals surface area contributed by atoms with Gasteiger partial charge in [0.15, 0.2) is 0 Å². The van der Waals surface area contributed by atoms with Gasteiger partial charge in [-0.15, -0.1) is 0 Å². The highest BCUT2D eigenvalue weighted by Crippen LogP contribution is 2.07. The summed E-state index contributed by atoms with van der Waals surface area (Å²) < 4.78 is 1.67. The molecule has 100 valence electrons. The van der Waals surface area contributed by atoms with Crippen molar-refractivity contribution in [1.29, 1.82) is 0 Å². The Morgan fingerprint density at radius 3 is 2.85 bits per heavy atom. The Hall–Kier alpha value is -2.89. The van der Waals surface area contributed by atoms with Crippen LogP contribution in [0.15, 0.2) is 55.2 Å². The molecule has 2 heterocycles. The number of H-pyrrole nitrogens is 1. The average Bonchev–Trinajstić information content (AvgIpc) is 3.17. The summed E-state index contributed by atoms with van der Waals surface area (Å²) in [4.78, 5) is 18.8. The minimum absolute atomic E-state index is 0.165. The van der Waals surface area contributed by atoms with Crippen molar-refractivity contribution in [2.75, 3.05) is 0 Å². The van der Waals surface area contributed by atoms with Gasteiger partial charge in [0, 0.05) is 12.4 Å². The molecule has 6 nitrogen and oxygen atoms in total. The number of aromatic nitrogens is 4. The maximum absolute atomic E-state index is 12.0. The van der Waals surface area contributed by atoms with E-state index in [0.29, 0.717) is 12.1 Å². The monoisotopic (exact) mass is 267 g/mol. The molecular weight excluding hydrogens is 254 g/mol. The fourth-order valence-corrected chi connectivity index (χ4v) is 1.82. The molecule has 3 rings (SSSR count). The van der Waals surface area contributed by atoms with Crippen molar-refractivity contribution in [3.05, 3.63) is 66.5 Å². The van der Waals surface area contributed by atoms with Gasteiger partial charge in [-0.05, 0) is 12.1 Å². The number of aromatic amines is 1. The smallest absolute Gasteiger partial charge is 0.254 e. The van der Waals surface area contributed by atoms with Crippen LogP contribution in [0.2, 0.25) is 0 Å². The molecule has 0 bridgehead atoms. The van der Waals surface area contributed by atoms with E-state index in [4.69, 9.17) is 0 Å². The van der Waals surface area contributed by atoms with E-state index in [1.807, 2.05) is 30.3 Å². The van der Waals surface area contributed by atoms with Crippen LogP contribution in [0.1, 0.15) is 16.1 Å². The third-order valence-electron chi connectivity index (χ3n) is 2.86. The van der Waals surface area contributed by atoms with Gasteiger partial charge >= 0.3 is 0 Å². The molecule has 2 N–H and O–H groups in total. The molecule has 0 radical (unpaired) electrons. The first-order valence-electron chi connectivity index (χ1n) is 6.18. The molecule has 0 saturated heterocycles. The van der Waals surface area contributed by atoms with Gasteiger partial charge in [0.05, 0.1) is 36.0 Å². The predicted molar refractivity (Wildman–Crippen MR) is 73.3 cm³/mol. The number of rotatable bonds is 4. The minimum atomic E-state index is -0.165. The Bertz CT molecular complexity index is 687. The van der Waals surface area contributed by atoms with E-state index in [0.717, 1.165) is 11.4 Å². The summed E-state index contributed by atoms with van der Waals surface area (Å²) in [6.07, 6.45) is 6.51. The lowest BCUT2D eigenvalue weighted by Crippen LogP contribution is -2.22. The molecule has 0 fully saturated rings. The van der Waals surface area contributed by atoms with Gasteiger partial charge < -0.3 is 10.3 Å². The fraction of sp³-hybridized carbons (Fsp3) is 0.0714. The van der Waals surface area contributed by atoms with Gasteiger partial charge in [-0.3, -0.25) is 4.79 Å². The number of carbonyl (C=O) groups is 1. The summed E-state index contributed by atoms with van der Waals surface area (Å²) >= 11 is 0. The number of imidazole rings is 1. The van der Waals surface area contributed by atoms with Gasteiger partial charge in [0.1, 0.15) is 0 Å². The minimum Gasteiger partial charge on any atom is -0.347 e. The number of benzene rings is 1. The highest BCUT2D eigenvalue weighted by atomic mass is 16.1. The number of hydrogen-bond donors (Lipinski definition) is 2. The molecular formula is C14H13N5O. The van der Waals surface area contributed by atoms with Crippen LogP contribution in [0.4, 0.5) is 0 Å². The third kappa shape index (κ3) is 2.59. The van der Waals surface area contributed by atoms with Crippen LogP contribution in [0, 0.1) is 0 Å². The Balaban J connectivity index is 1.69. The van der Waals surface area contributed by atoms with Crippen molar-refractivity contribution >= 4 is 5.91 Å². The molecule has 6 heteroatoms. The molecule has 20 heavy (non-hydrogen) atoms. The lowest BCUT2D eigenvalue weighted by molar-refractivity contribution is 0.0950. The number of nitrogens with zero attached hydrogens (tertiary/aromatic N) is 3. The zero-order valence-corrected chi connectivity index (χ0v) is 10.7. The maximum atomic E-state index is 12.0. The maximum Gasteiger partial charge on any atom is 0.254 e. The quantitative estimate of drug-likeness (QED) is 0.752. The second-order valence-corrected chi connectivity index (χ2v) is 4.27. The van der Waals surface area contributed by atoms with Crippen molar-refractivity contribution in [2.45, 2.75) is 6.54 Å². The fourth-order valence-electron chi connectivity index (χ4n) is 1.82. The lowest BCUT2D eigenvalue weighted by Gasteiger charge is -2.01. The highest BCUT2D eigenvalue weighted by Gasteiger charge is 2.09. The van der Waals surface area contributed by atoms with Crippen molar-refractivity contribution in [1.82, 2.24) is 25.1 Å². The van der Waals surface area contributed by atoms with Gasteiger partial charge in [0.2, 0.25) is 0 Å². The Morgan fingerprint density at radius 1 is 1.25 bits per heavy atom. The summed E-state index contributed by atoms with van der Waals surface area (Å²) in [7, 11) is 0. The van der Waals surface area contributed by atoms with Crippen LogP contribution >= 0.6 is 0 Å². The second kappa shape index (κ2) is 5.40. The van der Waals surface area contributed by atoms with E-state index in [2.05, 4.69) is 20.4 Å². The van der Waals surface area contributed by atoms with Crippen LogP contribution in [-0.4, -0.2) is 25.7 Å². The molecule has 0 atom stereocenters. The van der Waals surface area contributed by atoms with Gasteiger partial charge in [-0.2, -0.15) is 5.10 Å². The zero-order chi connectivity index (χ0) is 13.8.